The van der Waals surface area contributed by atoms with Crippen LogP contribution in [0, 0.1) is 5.41 Å². The molecule has 136 valence electrons. The average molecular weight is 338 g/mol. The Bertz CT molecular complexity index is 504. The molecule has 0 saturated carbocycles. The standard InChI is InChI=1S/C18H30N2O4/c1-17(2,3)24-16(22)19-13-14-5-7-18(4,8-6-14)15(21)20-9-11-23-12-10-20/h5H,6-13H2,1-4H3,(H,19,22). The van der Waals surface area contributed by atoms with Crippen molar-refractivity contribution >= 4 is 12.0 Å². The molecule has 0 spiro atoms. The first-order valence-electron chi connectivity index (χ1n) is 8.71. The lowest BCUT2D eigenvalue weighted by Gasteiger charge is -2.38. The van der Waals surface area contributed by atoms with Gasteiger partial charge in [0.15, 0.2) is 0 Å². The first-order valence-corrected chi connectivity index (χ1v) is 8.71. The van der Waals surface area contributed by atoms with Crippen molar-refractivity contribution in [2.45, 2.75) is 52.6 Å². The van der Waals surface area contributed by atoms with Gasteiger partial charge >= 0.3 is 6.09 Å². The van der Waals surface area contributed by atoms with E-state index in [1.165, 1.54) is 0 Å². The summed E-state index contributed by atoms with van der Waals surface area (Å²) >= 11 is 0. The van der Waals surface area contributed by atoms with Crippen molar-refractivity contribution in [1.82, 2.24) is 10.2 Å². The number of carbonyl (C=O) groups excluding carboxylic acids is 2. The second-order valence-corrected chi connectivity index (χ2v) is 7.89. The van der Waals surface area contributed by atoms with Gasteiger partial charge < -0.3 is 19.7 Å². The van der Waals surface area contributed by atoms with Gasteiger partial charge in [-0.15, -0.1) is 0 Å². The molecule has 1 aliphatic carbocycles. The summed E-state index contributed by atoms with van der Waals surface area (Å²) < 4.78 is 10.6. The SMILES string of the molecule is CC(C)(C)OC(=O)NCC1=CCC(C)(C(=O)N2CCOCC2)CC1. The van der Waals surface area contributed by atoms with Crippen molar-refractivity contribution in [3.8, 4) is 0 Å². The van der Waals surface area contributed by atoms with Gasteiger partial charge in [0.05, 0.1) is 18.6 Å². The minimum atomic E-state index is -0.492. The first-order chi connectivity index (χ1) is 11.2. The lowest BCUT2D eigenvalue weighted by Crippen LogP contribution is -2.48. The third kappa shape index (κ3) is 5.23. The predicted molar refractivity (Wildman–Crippen MR) is 91.7 cm³/mol. The molecule has 1 N–H and O–H groups in total. The van der Waals surface area contributed by atoms with Crippen LogP contribution in [0.4, 0.5) is 4.79 Å². The molecular formula is C18H30N2O4. The molecule has 2 amide bonds. The van der Waals surface area contributed by atoms with Crippen LogP contribution in [0.5, 0.6) is 0 Å². The number of carbonyl (C=O) groups is 2. The lowest BCUT2D eigenvalue weighted by molar-refractivity contribution is -0.146. The highest BCUT2D eigenvalue weighted by molar-refractivity contribution is 5.83. The third-order valence-electron chi connectivity index (χ3n) is 4.51. The number of morpholine rings is 1. The van der Waals surface area contributed by atoms with Gasteiger partial charge in [0.1, 0.15) is 5.60 Å². The fraction of sp³-hybridized carbons (Fsp3) is 0.778. The zero-order valence-electron chi connectivity index (χ0n) is 15.3. The minimum Gasteiger partial charge on any atom is -0.444 e. The summed E-state index contributed by atoms with van der Waals surface area (Å²) in [5.41, 5.74) is 0.328. The van der Waals surface area contributed by atoms with E-state index in [1.807, 2.05) is 32.6 Å². The van der Waals surface area contributed by atoms with Gasteiger partial charge in [-0.25, -0.2) is 4.79 Å². The van der Waals surface area contributed by atoms with Crippen molar-refractivity contribution in [3.63, 3.8) is 0 Å². The number of rotatable bonds is 3. The minimum absolute atomic E-state index is 0.223. The van der Waals surface area contributed by atoms with Gasteiger partial charge in [-0.05, 0) is 40.0 Å². The van der Waals surface area contributed by atoms with Gasteiger partial charge in [-0.2, -0.15) is 0 Å². The summed E-state index contributed by atoms with van der Waals surface area (Å²) in [6.07, 6.45) is 4.04. The molecular weight excluding hydrogens is 308 g/mol. The molecule has 0 aromatic carbocycles. The largest absolute Gasteiger partial charge is 0.444 e. The van der Waals surface area contributed by atoms with E-state index in [2.05, 4.69) is 11.4 Å². The first kappa shape index (κ1) is 18.8. The predicted octanol–water partition coefficient (Wildman–Crippen LogP) is 2.49. The zero-order chi connectivity index (χ0) is 17.8. The second kappa shape index (κ2) is 7.55. The van der Waals surface area contributed by atoms with Crippen molar-refractivity contribution in [2.24, 2.45) is 5.41 Å². The monoisotopic (exact) mass is 338 g/mol. The highest BCUT2D eigenvalue weighted by Crippen LogP contribution is 2.36. The number of amides is 2. The Labute approximate surface area is 144 Å². The Morgan fingerprint density at radius 2 is 2.00 bits per heavy atom. The van der Waals surface area contributed by atoms with Gasteiger partial charge in [0.2, 0.25) is 5.91 Å². The maximum absolute atomic E-state index is 12.8. The molecule has 1 aliphatic heterocycles. The van der Waals surface area contributed by atoms with Crippen molar-refractivity contribution in [1.29, 1.82) is 0 Å². The quantitative estimate of drug-likeness (QED) is 0.803. The third-order valence-corrected chi connectivity index (χ3v) is 4.51. The van der Waals surface area contributed by atoms with Crippen LogP contribution in [0.15, 0.2) is 11.6 Å². The van der Waals surface area contributed by atoms with E-state index in [4.69, 9.17) is 9.47 Å². The van der Waals surface area contributed by atoms with Crippen LogP contribution >= 0.6 is 0 Å². The highest BCUT2D eigenvalue weighted by atomic mass is 16.6. The Morgan fingerprint density at radius 1 is 1.33 bits per heavy atom. The van der Waals surface area contributed by atoms with E-state index < -0.39 is 11.7 Å². The van der Waals surface area contributed by atoms with Gasteiger partial charge in [0, 0.05) is 19.6 Å². The van der Waals surface area contributed by atoms with E-state index in [0.29, 0.717) is 39.3 Å². The number of ether oxygens (including phenoxy) is 2. The van der Waals surface area contributed by atoms with Crippen LogP contribution in [-0.4, -0.2) is 55.3 Å². The summed E-state index contributed by atoms with van der Waals surface area (Å²) in [6.45, 7) is 10.7. The maximum Gasteiger partial charge on any atom is 0.407 e. The molecule has 0 aromatic rings. The number of allylic oxidation sites excluding steroid dienone is 1. The molecule has 1 heterocycles. The molecule has 24 heavy (non-hydrogen) atoms. The lowest BCUT2D eigenvalue weighted by atomic mass is 9.75. The van der Waals surface area contributed by atoms with Crippen molar-refractivity contribution in [3.05, 3.63) is 11.6 Å². The smallest absolute Gasteiger partial charge is 0.407 e. The Hall–Kier alpha value is -1.56. The van der Waals surface area contributed by atoms with Crippen LogP contribution in [-0.2, 0) is 14.3 Å². The molecule has 6 nitrogen and oxygen atoms in total. The van der Waals surface area contributed by atoms with Crippen molar-refractivity contribution < 1.29 is 19.1 Å². The number of nitrogens with zero attached hydrogens (tertiary/aromatic N) is 1. The van der Waals surface area contributed by atoms with E-state index in [1.54, 1.807) is 0 Å². The molecule has 0 radical (unpaired) electrons. The van der Waals surface area contributed by atoms with Crippen LogP contribution < -0.4 is 5.32 Å². The molecule has 1 fully saturated rings. The number of hydrogen-bond donors (Lipinski definition) is 1. The number of nitrogens with one attached hydrogen (secondary N) is 1. The normalized spacial score (nSPS) is 25.0. The number of alkyl carbamates (subject to hydrolysis) is 1. The van der Waals surface area contributed by atoms with Crippen LogP contribution in [0.1, 0.15) is 47.0 Å². The molecule has 1 atom stereocenters. The number of hydrogen-bond acceptors (Lipinski definition) is 4. The second-order valence-electron chi connectivity index (χ2n) is 7.89. The van der Waals surface area contributed by atoms with Crippen LogP contribution in [0.2, 0.25) is 0 Å². The summed E-state index contributed by atoms with van der Waals surface area (Å²) in [5.74, 6) is 0.223. The average Bonchev–Trinajstić information content (AvgIpc) is 2.53. The van der Waals surface area contributed by atoms with Crippen LogP contribution in [0.3, 0.4) is 0 Å². The topological polar surface area (TPSA) is 67.9 Å². The Morgan fingerprint density at radius 3 is 2.54 bits per heavy atom. The maximum atomic E-state index is 12.8. The summed E-state index contributed by atoms with van der Waals surface area (Å²) in [7, 11) is 0. The van der Waals surface area contributed by atoms with E-state index in [9.17, 15) is 9.59 Å². The van der Waals surface area contributed by atoms with E-state index >= 15 is 0 Å². The zero-order valence-corrected chi connectivity index (χ0v) is 15.3. The molecule has 0 bridgehead atoms. The molecule has 2 rings (SSSR count). The van der Waals surface area contributed by atoms with Crippen LogP contribution in [0.25, 0.3) is 0 Å². The van der Waals surface area contributed by atoms with Crippen molar-refractivity contribution in [2.75, 3.05) is 32.8 Å². The fourth-order valence-corrected chi connectivity index (χ4v) is 3.01. The van der Waals surface area contributed by atoms with Gasteiger partial charge in [-0.1, -0.05) is 18.6 Å². The Kier molecular flexibility index (Phi) is 5.91. The van der Waals surface area contributed by atoms with Gasteiger partial charge in [-0.3, -0.25) is 4.79 Å². The summed E-state index contributed by atoms with van der Waals surface area (Å²) in [4.78, 5) is 26.4. The molecule has 1 saturated heterocycles. The summed E-state index contributed by atoms with van der Waals surface area (Å²) in [6, 6.07) is 0. The molecule has 6 heteroatoms. The van der Waals surface area contributed by atoms with E-state index in [0.717, 1.165) is 18.4 Å². The van der Waals surface area contributed by atoms with E-state index in [-0.39, 0.29) is 11.3 Å². The Balaban J connectivity index is 1.83. The summed E-state index contributed by atoms with van der Waals surface area (Å²) in [5, 5.41) is 2.79. The van der Waals surface area contributed by atoms with Gasteiger partial charge in [0.25, 0.3) is 0 Å². The molecule has 2 aliphatic rings. The molecule has 0 aromatic heterocycles. The molecule has 1 unspecified atom stereocenters. The highest BCUT2D eigenvalue weighted by Gasteiger charge is 2.38. The fourth-order valence-electron chi connectivity index (χ4n) is 3.01.